The van der Waals surface area contributed by atoms with Crippen molar-refractivity contribution in [2.75, 3.05) is 13.2 Å². The van der Waals surface area contributed by atoms with Crippen molar-refractivity contribution in [1.29, 1.82) is 0 Å². The Balaban J connectivity index is 2.08. The number of rotatable bonds is 4. The minimum atomic E-state index is 0.0928. The molecule has 2 aromatic heterocycles. The van der Waals surface area contributed by atoms with E-state index >= 15 is 0 Å². The molecule has 0 saturated carbocycles. The SMILES string of the molecule is CCOc1cccn2c(C(=O)N3CCCCC3C)c(CC)nc12. The second kappa shape index (κ2) is 6.60. The monoisotopic (exact) mass is 315 g/mol. The van der Waals surface area contributed by atoms with Crippen LogP contribution in [0, 0.1) is 0 Å². The van der Waals surface area contributed by atoms with E-state index in [1.165, 1.54) is 6.42 Å². The van der Waals surface area contributed by atoms with Crippen LogP contribution >= 0.6 is 0 Å². The highest BCUT2D eigenvalue weighted by Crippen LogP contribution is 2.26. The maximum Gasteiger partial charge on any atom is 0.273 e. The lowest BCUT2D eigenvalue weighted by atomic mass is 10.0. The zero-order valence-electron chi connectivity index (χ0n) is 14.2. The highest BCUT2D eigenvalue weighted by atomic mass is 16.5. The highest BCUT2D eigenvalue weighted by molar-refractivity contribution is 5.95. The summed E-state index contributed by atoms with van der Waals surface area (Å²) in [6.07, 6.45) is 6.00. The molecular weight excluding hydrogens is 290 g/mol. The predicted octanol–water partition coefficient (Wildman–Crippen LogP) is 3.31. The number of imidazole rings is 1. The Labute approximate surface area is 137 Å². The van der Waals surface area contributed by atoms with Gasteiger partial charge in [0.1, 0.15) is 5.69 Å². The summed E-state index contributed by atoms with van der Waals surface area (Å²) < 4.78 is 7.57. The molecule has 1 amide bonds. The van der Waals surface area contributed by atoms with E-state index in [1.54, 1.807) is 0 Å². The predicted molar refractivity (Wildman–Crippen MR) is 90.1 cm³/mol. The van der Waals surface area contributed by atoms with Crippen molar-refractivity contribution in [2.24, 2.45) is 0 Å². The van der Waals surface area contributed by atoms with Gasteiger partial charge in [-0.15, -0.1) is 0 Å². The molecule has 2 aromatic rings. The van der Waals surface area contributed by atoms with E-state index < -0.39 is 0 Å². The number of likely N-dealkylation sites (tertiary alicyclic amines) is 1. The number of nitrogens with zero attached hydrogens (tertiary/aromatic N) is 3. The fraction of sp³-hybridized carbons (Fsp3) is 0.556. The maximum absolute atomic E-state index is 13.2. The van der Waals surface area contributed by atoms with Gasteiger partial charge in [-0.3, -0.25) is 9.20 Å². The molecule has 5 heteroatoms. The van der Waals surface area contributed by atoms with Gasteiger partial charge in [0.15, 0.2) is 11.4 Å². The van der Waals surface area contributed by atoms with Crippen LogP contribution in [0.3, 0.4) is 0 Å². The van der Waals surface area contributed by atoms with Crippen molar-refractivity contribution in [1.82, 2.24) is 14.3 Å². The van der Waals surface area contributed by atoms with Gasteiger partial charge in [-0.1, -0.05) is 6.92 Å². The number of carbonyl (C=O) groups excluding carboxylic acids is 1. The number of ether oxygens (including phenoxy) is 1. The maximum atomic E-state index is 13.2. The first-order chi connectivity index (χ1) is 11.2. The van der Waals surface area contributed by atoms with Crippen molar-refractivity contribution in [3.63, 3.8) is 0 Å². The Morgan fingerprint density at radius 2 is 2.22 bits per heavy atom. The van der Waals surface area contributed by atoms with Crippen LogP contribution in [0.5, 0.6) is 5.75 Å². The summed E-state index contributed by atoms with van der Waals surface area (Å²) in [5.74, 6) is 0.825. The third-order valence-electron chi connectivity index (χ3n) is 4.59. The van der Waals surface area contributed by atoms with Gasteiger partial charge in [0, 0.05) is 18.8 Å². The van der Waals surface area contributed by atoms with Crippen molar-refractivity contribution in [3.8, 4) is 5.75 Å². The molecule has 3 rings (SSSR count). The molecule has 0 aromatic carbocycles. The van der Waals surface area contributed by atoms with Crippen molar-refractivity contribution in [3.05, 3.63) is 29.7 Å². The summed E-state index contributed by atoms with van der Waals surface area (Å²) in [5, 5.41) is 0. The average Bonchev–Trinajstić information content (AvgIpc) is 2.94. The van der Waals surface area contributed by atoms with E-state index in [0.717, 1.165) is 42.9 Å². The van der Waals surface area contributed by atoms with E-state index in [2.05, 4.69) is 11.9 Å². The summed E-state index contributed by atoms with van der Waals surface area (Å²) in [4.78, 5) is 19.8. The number of hydrogen-bond acceptors (Lipinski definition) is 3. The van der Waals surface area contributed by atoms with E-state index in [4.69, 9.17) is 4.74 Å². The summed E-state index contributed by atoms with van der Waals surface area (Å²) in [6, 6.07) is 4.11. The van der Waals surface area contributed by atoms with Gasteiger partial charge in [-0.25, -0.2) is 4.98 Å². The zero-order chi connectivity index (χ0) is 16.4. The number of amides is 1. The van der Waals surface area contributed by atoms with Gasteiger partial charge >= 0.3 is 0 Å². The molecule has 0 radical (unpaired) electrons. The van der Waals surface area contributed by atoms with E-state index in [1.807, 2.05) is 41.5 Å². The number of pyridine rings is 1. The molecule has 1 atom stereocenters. The largest absolute Gasteiger partial charge is 0.490 e. The molecule has 0 aliphatic carbocycles. The van der Waals surface area contributed by atoms with Gasteiger partial charge in [0.2, 0.25) is 0 Å². The molecule has 1 saturated heterocycles. The van der Waals surface area contributed by atoms with Gasteiger partial charge in [0.25, 0.3) is 5.91 Å². The second-order valence-corrected chi connectivity index (χ2v) is 6.10. The molecule has 1 unspecified atom stereocenters. The molecule has 0 bridgehead atoms. The smallest absolute Gasteiger partial charge is 0.273 e. The van der Waals surface area contributed by atoms with Gasteiger partial charge in [-0.2, -0.15) is 0 Å². The van der Waals surface area contributed by atoms with Crippen LogP contribution in [0.1, 0.15) is 56.2 Å². The molecule has 1 aliphatic heterocycles. The quantitative estimate of drug-likeness (QED) is 0.869. The molecule has 0 N–H and O–H groups in total. The van der Waals surface area contributed by atoms with Crippen LogP contribution in [0.4, 0.5) is 0 Å². The van der Waals surface area contributed by atoms with Gasteiger partial charge in [-0.05, 0) is 51.7 Å². The third kappa shape index (κ3) is 2.80. The lowest BCUT2D eigenvalue weighted by Gasteiger charge is -2.33. The fourth-order valence-corrected chi connectivity index (χ4v) is 3.37. The highest BCUT2D eigenvalue weighted by Gasteiger charge is 2.29. The Morgan fingerprint density at radius 3 is 2.91 bits per heavy atom. The molecule has 1 fully saturated rings. The minimum Gasteiger partial charge on any atom is -0.490 e. The Morgan fingerprint density at radius 1 is 1.39 bits per heavy atom. The Bertz CT molecular complexity index is 708. The van der Waals surface area contributed by atoms with Crippen LogP contribution in [-0.4, -0.2) is 39.4 Å². The second-order valence-electron chi connectivity index (χ2n) is 6.10. The molecule has 5 nitrogen and oxygen atoms in total. The van der Waals surface area contributed by atoms with Gasteiger partial charge in [0.05, 0.1) is 12.3 Å². The first-order valence-corrected chi connectivity index (χ1v) is 8.61. The average molecular weight is 315 g/mol. The first kappa shape index (κ1) is 15.8. The molecule has 23 heavy (non-hydrogen) atoms. The van der Waals surface area contributed by atoms with Gasteiger partial charge < -0.3 is 9.64 Å². The first-order valence-electron chi connectivity index (χ1n) is 8.61. The molecule has 124 valence electrons. The fourth-order valence-electron chi connectivity index (χ4n) is 3.37. The summed E-state index contributed by atoms with van der Waals surface area (Å²) >= 11 is 0. The van der Waals surface area contributed by atoms with E-state index in [0.29, 0.717) is 18.3 Å². The van der Waals surface area contributed by atoms with E-state index in [9.17, 15) is 4.79 Å². The summed E-state index contributed by atoms with van der Waals surface area (Å²) in [5.41, 5.74) is 2.27. The lowest BCUT2D eigenvalue weighted by molar-refractivity contribution is 0.0627. The number of aromatic nitrogens is 2. The summed E-state index contributed by atoms with van der Waals surface area (Å²) in [7, 11) is 0. The minimum absolute atomic E-state index is 0.0928. The lowest BCUT2D eigenvalue weighted by Crippen LogP contribution is -2.42. The molecule has 1 aliphatic rings. The number of carbonyl (C=O) groups is 1. The van der Waals surface area contributed by atoms with Crippen LogP contribution in [0.25, 0.3) is 5.65 Å². The number of hydrogen-bond donors (Lipinski definition) is 0. The Hall–Kier alpha value is -2.04. The zero-order valence-corrected chi connectivity index (χ0v) is 14.2. The van der Waals surface area contributed by atoms with Crippen LogP contribution < -0.4 is 4.74 Å². The standard InChI is InChI=1S/C18H25N3O2/c1-4-14-16(18(22)20-11-7-6-9-13(20)3)21-12-8-10-15(23-5-2)17(21)19-14/h8,10,12-13H,4-7,9,11H2,1-3H3. The molecular formula is C18H25N3O2. The number of aryl methyl sites for hydroxylation is 1. The third-order valence-corrected chi connectivity index (χ3v) is 4.59. The van der Waals surface area contributed by atoms with E-state index in [-0.39, 0.29) is 5.91 Å². The van der Waals surface area contributed by atoms with Crippen LogP contribution in [0.15, 0.2) is 18.3 Å². The topological polar surface area (TPSA) is 46.8 Å². The summed E-state index contributed by atoms with van der Waals surface area (Å²) in [6.45, 7) is 7.55. The molecule has 3 heterocycles. The molecule has 0 spiro atoms. The Kier molecular flexibility index (Phi) is 4.55. The van der Waals surface area contributed by atoms with Crippen molar-refractivity contribution in [2.45, 2.75) is 52.5 Å². The van der Waals surface area contributed by atoms with Crippen LogP contribution in [-0.2, 0) is 6.42 Å². The van der Waals surface area contributed by atoms with Crippen LogP contribution in [0.2, 0.25) is 0 Å². The normalized spacial score (nSPS) is 18.4. The van der Waals surface area contributed by atoms with Crippen molar-refractivity contribution >= 4 is 11.6 Å². The van der Waals surface area contributed by atoms with Crippen molar-refractivity contribution < 1.29 is 9.53 Å². The number of piperidine rings is 1. The number of fused-ring (bicyclic) bond motifs is 1.